The normalized spacial score (nSPS) is 24.9. The third-order valence-corrected chi connectivity index (χ3v) is 6.54. The number of nitrogens with zero attached hydrogens (tertiary/aromatic N) is 3. The highest BCUT2D eigenvalue weighted by Gasteiger charge is 2.45. The van der Waals surface area contributed by atoms with Crippen LogP contribution in [0.2, 0.25) is 0 Å². The summed E-state index contributed by atoms with van der Waals surface area (Å²) >= 11 is 4.56. The molecule has 1 fully saturated rings. The van der Waals surface area contributed by atoms with Gasteiger partial charge in [-0.05, 0) is 24.5 Å². The molecule has 2 aliphatic rings. The van der Waals surface area contributed by atoms with Crippen molar-refractivity contribution in [1.82, 2.24) is 14.3 Å². The molecule has 0 radical (unpaired) electrons. The molecule has 3 heterocycles. The molecular weight excluding hydrogens is 318 g/mol. The van der Waals surface area contributed by atoms with E-state index in [0.717, 1.165) is 15.9 Å². The Morgan fingerprint density at radius 3 is 3.05 bits per heavy atom. The van der Waals surface area contributed by atoms with Crippen LogP contribution in [0, 0.1) is 6.92 Å². The Labute approximate surface area is 127 Å². The van der Waals surface area contributed by atoms with E-state index >= 15 is 0 Å². The molecule has 0 saturated carbocycles. The van der Waals surface area contributed by atoms with Crippen molar-refractivity contribution in [2.45, 2.75) is 28.3 Å². The van der Waals surface area contributed by atoms with Crippen LogP contribution in [0.1, 0.15) is 12.2 Å². The molecule has 0 aromatic carbocycles. The quantitative estimate of drug-likeness (QED) is 0.663. The number of aromatic nitrogens is 2. The second kappa shape index (κ2) is 5.38. The molecule has 2 atom stereocenters. The molecule has 6 nitrogen and oxygen atoms in total. The maximum Gasteiger partial charge on any atom is 0.352 e. The van der Waals surface area contributed by atoms with E-state index < -0.39 is 5.97 Å². The number of hydrogen-bond acceptors (Lipinski definition) is 7. The van der Waals surface area contributed by atoms with Gasteiger partial charge in [0, 0.05) is 11.0 Å². The third kappa shape index (κ3) is 2.57. The number of rotatable bonds is 4. The lowest BCUT2D eigenvalue weighted by Crippen LogP contribution is -2.54. The predicted molar refractivity (Wildman–Crippen MR) is 77.7 cm³/mol. The second-order valence-corrected chi connectivity index (χ2v) is 7.81. The third-order valence-electron chi connectivity index (χ3n) is 2.94. The summed E-state index contributed by atoms with van der Waals surface area (Å²) in [4.78, 5) is 28.3. The number of hydrogen-bond donors (Lipinski definition) is 1. The molecule has 1 unspecified atom stereocenters. The van der Waals surface area contributed by atoms with Gasteiger partial charge in [-0.25, -0.2) is 9.78 Å². The molecule has 0 bridgehead atoms. The molecule has 1 aromatic heterocycles. The molecule has 1 amide bonds. The maximum atomic E-state index is 11.5. The van der Waals surface area contributed by atoms with Gasteiger partial charge in [0.05, 0.1) is 11.8 Å². The van der Waals surface area contributed by atoms with Crippen molar-refractivity contribution in [3.63, 3.8) is 0 Å². The molecule has 9 heteroatoms. The zero-order valence-electron chi connectivity index (χ0n) is 10.5. The fourth-order valence-corrected chi connectivity index (χ4v) is 5.31. The molecule has 1 aromatic rings. The summed E-state index contributed by atoms with van der Waals surface area (Å²) in [6.07, 6.45) is 2.09. The Balaban J connectivity index is 1.69. The summed E-state index contributed by atoms with van der Waals surface area (Å²) in [5.41, 5.74) is 0.115. The van der Waals surface area contributed by atoms with Gasteiger partial charge in [0.2, 0.25) is 5.91 Å². The predicted octanol–water partition coefficient (Wildman–Crippen LogP) is 1.58. The van der Waals surface area contributed by atoms with Gasteiger partial charge in [0.1, 0.15) is 11.5 Å². The standard InChI is InChI=1S/C11H11N3O3S3/c1-5-12-11(20-13-5)18-4-6-2-7(10(16)17)14-8(15)3-9(14)19-6/h2,6,9H,3-4H2,1H3,(H,16,17)/t6?,9-/m1/s1. The molecular formula is C11H11N3O3S3. The number of carboxylic acid groups (broad SMARTS) is 1. The highest BCUT2D eigenvalue weighted by atomic mass is 32.2. The van der Waals surface area contributed by atoms with Gasteiger partial charge in [-0.1, -0.05) is 11.8 Å². The van der Waals surface area contributed by atoms with E-state index in [0.29, 0.717) is 6.42 Å². The largest absolute Gasteiger partial charge is 0.477 e. The van der Waals surface area contributed by atoms with E-state index in [1.54, 1.807) is 29.6 Å². The van der Waals surface area contributed by atoms with E-state index in [-0.39, 0.29) is 22.2 Å². The van der Waals surface area contributed by atoms with Crippen molar-refractivity contribution in [2.24, 2.45) is 0 Å². The Hall–Kier alpha value is -1.06. The van der Waals surface area contributed by atoms with Crippen LogP contribution in [0.5, 0.6) is 0 Å². The minimum Gasteiger partial charge on any atom is -0.477 e. The molecule has 3 rings (SSSR count). The minimum absolute atomic E-state index is 0.0274. The van der Waals surface area contributed by atoms with Crippen LogP contribution in [0.3, 0.4) is 0 Å². The Kier molecular flexibility index (Phi) is 3.74. The summed E-state index contributed by atoms with van der Waals surface area (Å²) in [5.74, 6) is 0.340. The Morgan fingerprint density at radius 2 is 2.45 bits per heavy atom. The first-order chi connectivity index (χ1) is 9.54. The molecule has 1 saturated heterocycles. The molecule has 20 heavy (non-hydrogen) atoms. The van der Waals surface area contributed by atoms with Crippen LogP contribution in [0.15, 0.2) is 16.1 Å². The van der Waals surface area contributed by atoms with Crippen molar-refractivity contribution in [1.29, 1.82) is 0 Å². The van der Waals surface area contributed by atoms with Crippen molar-refractivity contribution in [3.8, 4) is 0 Å². The first kappa shape index (κ1) is 13.9. The monoisotopic (exact) mass is 329 g/mol. The first-order valence-corrected chi connectivity index (χ1v) is 8.60. The number of amides is 1. The summed E-state index contributed by atoms with van der Waals surface area (Å²) in [6, 6.07) is 0. The van der Waals surface area contributed by atoms with Crippen LogP contribution >= 0.6 is 35.1 Å². The zero-order valence-corrected chi connectivity index (χ0v) is 12.9. The molecule has 2 aliphatic heterocycles. The molecule has 1 N–H and O–H groups in total. The van der Waals surface area contributed by atoms with Gasteiger partial charge in [-0.2, -0.15) is 4.37 Å². The molecule has 0 spiro atoms. The van der Waals surface area contributed by atoms with E-state index in [9.17, 15) is 14.7 Å². The topological polar surface area (TPSA) is 83.4 Å². The van der Waals surface area contributed by atoms with Crippen molar-refractivity contribution >= 4 is 46.9 Å². The average Bonchev–Trinajstić information content (AvgIpc) is 2.80. The van der Waals surface area contributed by atoms with Crippen LogP contribution in [-0.4, -0.2) is 47.6 Å². The van der Waals surface area contributed by atoms with Crippen LogP contribution in [0.4, 0.5) is 0 Å². The minimum atomic E-state index is -1.04. The lowest BCUT2D eigenvalue weighted by Gasteiger charge is -2.44. The number of fused-ring (bicyclic) bond motifs is 1. The average molecular weight is 329 g/mol. The Morgan fingerprint density at radius 1 is 1.65 bits per heavy atom. The van der Waals surface area contributed by atoms with Gasteiger partial charge in [-0.15, -0.1) is 11.8 Å². The first-order valence-electron chi connectivity index (χ1n) is 5.90. The van der Waals surface area contributed by atoms with Gasteiger partial charge in [-0.3, -0.25) is 9.69 Å². The van der Waals surface area contributed by atoms with E-state index in [1.807, 2.05) is 6.92 Å². The number of aryl methyl sites for hydroxylation is 1. The van der Waals surface area contributed by atoms with Crippen LogP contribution in [-0.2, 0) is 9.59 Å². The summed E-state index contributed by atoms with van der Waals surface area (Å²) in [6.45, 7) is 1.84. The fourth-order valence-electron chi connectivity index (χ4n) is 2.03. The summed E-state index contributed by atoms with van der Waals surface area (Å²) in [5, 5.41) is 9.23. The van der Waals surface area contributed by atoms with Gasteiger partial charge in [0.25, 0.3) is 0 Å². The van der Waals surface area contributed by atoms with E-state index in [4.69, 9.17) is 0 Å². The highest BCUT2D eigenvalue weighted by Crippen LogP contribution is 2.42. The Bertz CT molecular complexity index is 601. The number of carboxylic acids is 1. The number of carbonyl (C=O) groups is 2. The SMILES string of the molecule is Cc1nsc(SCC2C=C(C(=O)O)N3C(=O)C[C@H]3S2)n1. The number of thioether (sulfide) groups is 2. The van der Waals surface area contributed by atoms with E-state index in [1.165, 1.54) is 16.4 Å². The summed E-state index contributed by atoms with van der Waals surface area (Å²) < 4.78 is 5.00. The van der Waals surface area contributed by atoms with Gasteiger partial charge in [0.15, 0.2) is 4.34 Å². The fraction of sp³-hybridized carbons (Fsp3) is 0.455. The lowest BCUT2D eigenvalue weighted by atomic mass is 10.1. The highest BCUT2D eigenvalue weighted by molar-refractivity contribution is 8.04. The van der Waals surface area contributed by atoms with Gasteiger partial charge >= 0.3 is 5.97 Å². The lowest BCUT2D eigenvalue weighted by molar-refractivity contribution is -0.146. The smallest absolute Gasteiger partial charge is 0.352 e. The van der Waals surface area contributed by atoms with Crippen molar-refractivity contribution < 1.29 is 14.7 Å². The maximum absolute atomic E-state index is 11.5. The zero-order chi connectivity index (χ0) is 14.3. The second-order valence-electron chi connectivity index (χ2n) is 4.37. The number of aliphatic carboxylic acids is 1. The molecule has 106 valence electrons. The molecule has 0 aliphatic carbocycles. The van der Waals surface area contributed by atoms with Crippen molar-refractivity contribution in [3.05, 3.63) is 17.6 Å². The number of β-lactam (4-membered cyclic amide) rings is 1. The van der Waals surface area contributed by atoms with Crippen LogP contribution < -0.4 is 0 Å². The summed E-state index contributed by atoms with van der Waals surface area (Å²) in [7, 11) is 0. The van der Waals surface area contributed by atoms with E-state index in [2.05, 4.69) is 9.36 Å². The van der Waals surface area contributed by atoms with Crippen molar-refractivity contribution in [2.75, 3.05) is 5.75 Å². The van der Waals surface area contributed by atoms with Crippen LogP contribution in [0.25, 0.3) is 0 Å². The number of carbonyl (C=O) groups excluding carboxylic acids is 1. The van der Waals surface area contributed by atoms with Gasteiger partial charge < -0.3 is 5.11 Å².